The van der Waals surface area contributed by atoms with E-state index in [0.717, 1.165) is 35.7 Å². The third-order valence-electron chi connectivity index (χ3n) is 7.76. The summed E-state index contributed by atoms with van der Waals surface area (Å²) in [4.78, 5) is 13.6. The van der Waals surface area contributed by atoms with Crippen LogP contribution in [0.1, 0.15) is 56.1 Å². The van der Waals surface area contributed by atoms with Gasteiger partial charge in [-0.2, -0.15) is 0 Å². The lowest BCUT2D eigenvalue weighted by Gasteiger charge is -2.43. The zero-order valence-electron chi connectivity index (χ0n) is 18.9. The highest BCUT2D eigenvalue weighted by atomic mass is 35.5. The van der Waals surface area contributed by atoms with Crippen molar-refractivity contribution in [3.63, 3.8) is 0 Å². The zero-order valence-corrected chi connectivity index (χ0v) is 20.5. The standard InChI is InChI=1S/C23H32ClN3O3S/c1-14-18(20(28)26-21-22(2,3)15-9-10-23(21,4)13-15)16-7-6-8-17(24)19(16)27(14)12-11-25-31(5,29)30/h6-8,15,21,25H,9-13H2,1-5H3,(H,26,28). The normalized spacial score (nSPS) is 27.2. The number of sulfonamides is 1. The quantitative estimate of drug-likeness (QED) is 0.674. The molecule has 3 unspecified atom stereocenters. The molecular weight excluding hydrogens is 434 g/mol. The minimum absolute atomic E-state index is 0.0615. The Morgan fingerprint density at radius 1 is 1.29 bits per heavy atom. The van der Waals surface area contributed by atoms with Crippen molar-refractivity contribution >= 4 is 38.4 Å². The van der Waals surface area contributed by atoms with Gasteiger partial charge in [0.1, 0.15) is 0 Å². The number of benzene rings is 1. The predicted molar refractivity (Wildman–Crippen MR) is 125 cm³/mol. The summed E-state index contributed by atoms with van der Waals surface area (Å²) in [5.41, 5.74) is 2.38. The zero-order chi connectivity index (χ0) is 22.8. The molecular formula is C23H32ClN3O3S. The van der Waals surface area contributed by atoms with Crippen molar-refractivity contribution in [2.24, 2.45) is 16.7 Å². The topological polar surface area (TPSA) is 80.2 Å². The Hall–Kier alpha value is -1.57. The van der Waals surface area contributed by atoms with Crippen molar-refractivity contribution in [2.45, 2.75) is 59.5 Å². The molecule has 2 fully saturated rings. The average molecular weight is 466 g/mol. The highest BCUT2D eigenvalue weighted by molar-refractivity contribution is 7.88. The fourth-order valence-electron chi connectivity index (χ4n) is 6.26. The summed E-state index contributed by atoms with van der Waals surface area (Å²) in [7, 11) is -3.30. The molecule has 2 aromatic rings. The van der Waals surface area contributed by atoms with Gasteiger partial charge in [0.25, 0.3) is 5.91 Å². The van der Waals surface area contributed by atoms with E-state index in [-0.39, 0.29) is 29.3 Å². The molecule has 2 bridgehead atoms. The van der Waals surface area contributed by atoms with E-state index in [4.69, 9.17) is 11.6 Å². The number of carbonyl (C=O) groups excluding carboxylic acids is 1. The first-order chi connectivity index (χ1) is 14.3. The Bertz CT molecular complexity index is 1150. The second kappa shape index (κ2) is 7.49. The fraction of sp³-hybridized carbons (Fsp3) is 0.609. The van der Waals surface area contributed by atoms with Crippen LogP contribution in [0.3, 0.4) is 0 Å². The summed E-state index contributed by atoms with van der Waals surface area (Å²) in [5, 5.41) is 4.74. The smallest absolute Gasteiger partial charge is 0.253 e. The third-order valence-corrected chi connectivity index (χ3v) is 8.80. The van der Waals surface area contributed by atoms with Gasteiger partial charge in [0, 0.05) is 30.2 Å². The van der Waals surface area contributed by atoms with Crippen LogP contribution in [-0.4, -0.2) is 37.7 Å². The minimum Gasteiger partial charge on any atom is -0.348 e. The maximum absolute atomic E-state index is 13.6. The number of aromatic nitrogens is 1. The second-order valence-corrected chi connectivity index (χ2v) is 12.5. The van der Waals surface area contributed by atoms with Crippen LogP contribution in [0.25, 0.3) is 10.9 Å². The highest BCUT2D eigenvalue weighted by Crippen LogP contribution is 2.62. The first-order valence-electron chi connectivity index (χ1n) is 10.9. The Labute approximate surface area is 189 Å². The number of amides is 1. The summed E-state index contributed by atoms with van der Waals surface area (Å²) >= 11 is 6.52. The number of halogens is 1. The van der Waals surface area contributed by atoms with E-state index in [0.29, 0.717) is 23.0 Å². The van der Waals surface area contributed by atoms with Crippen molar-refractivity contribution < 1.29 is 13.2 Å². The highest BCUT2D eigenvalue weighted by Gasteiger charge is 2.59. The van der Waals surface area contributed by atoms with Crippen molar-refractivity contribution in [1.82, 2.24) is 14.6 Å². The maximum atomic E-state index is 13.6. The first-order valence-corrected chi connectivity index (χ1v) is 13.1. The summed E-state index contributed by atoms with van der Waals surface area (Å²) < 4.78 is 27.4. The van der Waals surface area contributed by atoms with Gasteiger partial charge in [0.2, 0.25) is 10.0 Å². The van der Waals surface area contributed by atoms with Gasteiger partial charge < -0.3 is 9.88 Å². The number of nitrogens with one attached hydrogen (secondary N) is 2. The van der Waals surface area contributed by atoms with Crippen LogP contribution in [0, 0.1) is 23.7 Å². The molecule has 0 spiro atoms. The van der Waals surface area contributed by atoms with Gasteiger partial charge in [0.15, 0.2) is 0 Å². The molecule has 1 aromatic heterocycles. The summed E-state index contributed by atoms with van der Waals surface area (Å²) in [6.07, 6.45) is 4.68. The second-order valence-electron chi connectivity index (χ2n) is 10.2. The molecule has 2 N–H and O–H groups in total. The molecule has 31 heavy (non-hydrogen) atoms. The SMILES string of the molecule is Cc1c(C(=O)NC2C3(C)CCC(C3)C2(C)C)c2cccc(Cl)c2n1CCNS(C)(=O)=O. The summed E-state index contributed by atoms with van der Waals surface area (Å²) in [5.74, 6) is 0.563. The summed E-state index contributed by atoms with van der Waals surface area (Å²) in [6.45, 7) is 9.37. The maximum Gasteiger partial charge on any atom is 0.253 e. The van der Waals surface area contributed by atoms with Crippen molar-refractivity contribution in [3.8, 4) is 0 Å². The van der Waals surface area contributed by atoms with Gasteiger partial charge in [-0.15, -0.1) is 0 Å². The molecule has 3 atom stereocenters. The van der Waals surface area contributed by atoms with Crippen LogP contribution in [0.4, 0.5) is 0 Å². The minimum atomic E-state index is -3.30. The van der Waals surface area contributed by atoms with Gasteiger partial charge >= 0.3 is 0 Å². The number of hydrogen-bond acceptors (Lipinski definition) is 3. The molecule has 4 rings (SSSR count). The monoisotopic (exact) mass is 465 g/mol. The number of fused-ring (bicyclic) bond motifs is 3. The number of carbonyl (C=O) groups is 1. The predicted octanol–water partition coefficient (Wildman–Crippen LogP) is 4.10. The van der Waals surface area contributed by atoms with Crippen LogP contribution >= 0.6 is 11.6 Å². The van der Waals surface area contributed by atoms with Gasteiger partial charge in [-0.1, -0.05) is 44.5 Å². The lowest BCUT2D eigenvalue weighted by atomic mass is 9.68. The molecule has 6 nitrogen and oxygen atoms in total. The average Bonchev–Trinajstić information content (AvgIpc) is 3.23. The van der Waals surface area contributed by atoms with Crippen LogP contribution in [0.15, 0.2) is 18.2 Å². The lowest BCUT2D eigenvalue weighted by Crippen LogP contribution is -2.52. The van der Waals surface area contributed by atoms with Crippen LogP contribution in [0.2, 0.25) is 5.02 Å². The number of hydrogen-bond donors (Lipinski definition) is 2. The Kier molecular flexibility index (Phi) is 5.47. The molecule has 1 amide bonds. The van der Waals surface area contributed by atoms with E-state index in [1.54, 1.807) is 6.07 Å². The Balaban J connectivity index is 1.70. The summed E-state index contributed by atoms with van der Waals surface area (Å²) in [6, 6.07) is 5.68. The molecule has 0 aliphatic heterocycles. The molecule has 2 saturated carbocycles. The Morgan fingerprint density at radius 3 is 2.61 bits per heavy atom. The van der Waals surface area contributed by atoms with Crippen LogP contribution < -0.4 is 10.0 Å². The molecule has 1 heterocycles. The molecule has 1 aromatic carbocycles. The molecule has 2 aliphatic carbocycles. The molecule has 0 saturated heterocycles. The van der Waals surface area contributed by atoms with E-state index in [1.807, 2.05) is 23.6 Å². The van der Waals surface area contributed by atoms with E-state index in [1.165, 1.54) is 6.42 Å². The fourth-order valence-corrected chi connectivity index (χ4v) is 7.00. The van der Waals surface area contributed by atoms with Gasteiger partial charge in [-0.05, 0) is 49.0 Å². The number of para-hydroxylation sites is 1. The number of nitrogens with zero attached hydrogens (tertiary/aromatic N) is 1. The van der Waals surface area contributed by atoms with Crippen LogP contribution in [0.5, 0.6) is 0 Å². The van der Waals surface area contributed by atoms with Crippen molar-refractivity contribution in [1.29, 1.82) is 0 Å². The van der Waals surface area contributed by atoms with E-state index >= 15 is 0 Å². The third kappa shape index (κ3) is 3.79. The van der Waals surface area contributed by atoms with Crippen molar-refractivity contribution in [3.05, 3.63) is 34.5 Å². The molecule has 0 radical (unpaired) electrons. The van der Waals surface area contributed by atoms with Gasteiger partial charge in [0.05, 0.1) is 22.4 Å². The Morgan fingerprint density at radius 2 is 2.00 bits per heavy atom. The molecule has 2 aliphatic rings. The van der Waals surface area contributed by atoms with E-state index in [2.05, 4.69) is 30.8 Å². The van der Waals surface area contributed by atoms with Crippen molar-refractivity contribution in [2.75, 3.05) is 12.8 Å². The lowest BCUT2D eigenvalue weighted by molar-refractivity contribution is 0.0738. The number of rotatable bonds is 6. The van der Waals surface area contributed by atoms with E-state index < -0.39 is 10.0 Å². The van der Waals surface area contributed by atoms with E-state index in [9.17, 15) is 13.2 Å². The molecule has 8 heteroatoms. The first kappa shape index (κ1) is 22.6. The molecule has 170 valence electrons. The largest absolute Gasteiger partial charge is 0.348 e. The van der Waals surface area contributed by atoms with Gasteiger partial charge in [-0.3, -0.25) is 4.79 Å². The van der Waals surface area contributed by atoms with Gasteiger partial charge in [-0.25, -0.2) is 13.1 Å². The van der Waals surface area contributed by atoms with Crippen LogP contribution in [-0.2, 0) is 16.6 Å².